The third-order valence-electron chi connectivity index (χ3n) is 5.86. The van der Waals surface area contributed by atoms with Crippen molar-refractivity contribution >= 4 is 11.0 Å². The highest BCUT2D eigenvalue weighted by Gasteiger charge is 2.12. The summed E-state index contributed by atoms with van der Waals surface area (Å²) in [5.41, 5.74) is 8.98. The van der Waals surface area contributed by atoms with Gasteiger partial charge in [0.15, 0.2) is 0 Å². The fraction of sp³-hybridized carbons (Fsp3) is 0.179. The van der Waals surface area contributed by atoms with E-state index in [2.05, 4.69) is 62.7 Å². The molecule has 1 aromatic carbocycles. The van der Waals surface area contributed by atoms with E-state index in [-0.39, 0.29) is 6.61 Å². The van der Waals surface area contributed by atoms with E-state index in [0.717, 1.165) is 69.9 Å². The topological polar surface area (TPSA) is 86.7 Å². The minimum atomic E-state index is 0.213. The first kappa shape index (κ1) is 21.9. The fourth-order valence-electron chi connectivity index (χ4n) is 4.09. The summed E-state index contributed by atoms with van der Waals surface area (Å²) in [5, 5.41) is 13.3. The maximum atomic E-state index is 8.91. The standard InChI is InChI=1S/C28H27N5O/c1-19-4-2-5-26(32-19)27-15-25(24-10-12-31-28(24)33-27)23-14-22(17-30-18-23)21-8-6-20(7-9-21)16-29-11-3-13-34/h2,4-10,12,14-15,17-18,29,34H,3,11,13,16H2,1H3,(H,31,33). The number of pyridine rings is 3. The van der Waals surface area contributed by atoms with E-state index in [9.17, 15) is 0 Å². The zero-order valence-corrected chi connectivity index (χ0v) is 19.1. The summed E-state index contributed by atoms with van der Waals surface area (Å²) in [6.45, 7) is 3.80. The number of nitrogens with zero attached hydrogens (tertiary/aromatic N) is 3. The summed E-state index contributed by atoms with van der Waals surface area (Å²) in [4.78, 5) is 17.3. The smallest absolute Gasteiger partial charge is 0.138 e. The van der Waals surface area contributed by atoms with Crippen molar-refractivity contribution in [2.75, 3.05) is 13.2 Å². The molecule has 0 atom stereocenters. The van der Waals surface area contributed by atoms with Crippen LogP contribution < -0.4 is 5.32 Å². The number of aromatic nitrogens is 4. The van der Waals surface area contributed by atoms with E-state index in [4.69, 9.17) is 10.1 Å². The molecule has 0 saturated heterocycles. The van der Waals surface area contributed by atoms with Crippen LogP contribution in [0.3, 0.4) is 0 Å². The highest BCUT2D eigenvalue weighted by atomic mass is 16.3. The third kappa shape index (κ3) is 4.73. The second-order valence-electron chi connectivity index (χ2n) is 8.37. The number of hydrogen-bond donors (Lipinski definition) is 3. The number of aryl methyl sites for hydroxylation is 1. The first-order chi connectivity index (χ1) is 16.7. The van der Waals surface area contributed by atoms with Crippen molar-refractivity contribution in [2.45, 2.75) is 19.9 Å². The van der Waals surface area contributed by atoms with Gasteiger partial charge in [-0.2, -0.15) is 0 Å². The van der Waals surface area contributed by atoms with E-state index in [0.29, 0.717) is 0 Å². The van der Waals surface area contributed by atoms with Gasteiger partial charge in [-0.25, -0.2) is 4.98 Å². The summed E-state index contributed by atoms with van der Waals surface area (Å²) in [6.07, 6.45) is 6.48. The SMILES string of the molecule is Cc1cccc(-c2cc(-c3cncc(-c4ccc(CNCCCO)cc4)c3)c3cc[nH]c3n2)n1. The quantitative estimate of drug-likeness (QED) is 0.286. The maximum absolute atomic E-state index is 8.91. The number of aliphatic hydroxyl groups is 1. The number of fused-ring (bicyclic) bond motifs is 1. The maximum Gasteiger partial charge on any atom is 0.138 e. The van der Waals surface area contributed by atoms with Crippen molar-refractivity contribution < 1.29 is 5.11 Å². The molecule has 0 radical (unpaired) electrons. The van der Waals surface area contributed by atoms with E-state index in [1.165, 1.54) is 5.56 Å². The van der Waals surface area contributed by atoms with Crippen LogP contribution in [0.25, 0.3) is 44.7 Å². The minimum Gasteiger partial charge on any atom is -0.396 e. The Bertz CT molecular complexity index is 1410. The number of rotatable bonds is 8. The molecular formula is C28H27N5O. The summed E-state index contributed by atoms with van der Waals surface area (Å²) >= 11 is 0. The van der Waals surface area contributed by atoms with Crippen LogP contribution >= 0.6 is 0 Å². The van der Waals surface area contributed by atoms with Crippen molar-refractivity contribution in [1.82, 2.24) is 25.3 Å². The van der Waals surface area contributed by atoms with E-state index < -0.39 is 0 Å². The average molecular weight is 450 g/mol. The van der Waals surface area contributed by atoms with Crippen LogP contribution in [0, 0.1) is 6.92 Å². The van der Waals surface area contributed by atoms with Gasteiger partial charge >= 0.3 is 0 Å². The molecule has 0 unspecified atom stereocenters. The Morgan fingerprint density at radius 1 is 0.882 bits per heavy atom. The van der Waals surface area contributed by atoms with Gasteiger partial charge in [-0.1, -0.05) is 30.3 Å². The lowest BCUT2D eigenvalue weighted by Crippen LogP contribution is -2.15. The van der Waals surface area contributed by atoms with Crippen LogP contribution in [0.15, 0.2) is 79.3 Å². The molecule has 0 aliphatic carbocycles. The summed E-state index contributed by atoms with van der Waals surface area (Å²) < 4.78 is 0. The van der Waals surface area contributed by atoms with E-state index >= 15 is 0 Å². The predicted octanol–water partition coefficient (Wildman–Crippen LogP) is 5.13. The zero-order chi connectivity index (χ0) is 23.3. The molecule has 0 aliphatic rings. The highest BCUT2D eigenvalue weighted by Crippen LogP contribution is 2.33. The molecule has 6 heteroatoms. The Balaban J connectivity index is 1.47. The first-order valence-electron chi connectivity index (χ1n) is 11.5. The normalized spacial score (nSPS) is 11.2. The van der Waals surface area contributed by atoms with Crippen molar-refractivity contribution in [3.8, 4) is 33.6 Å². The molecule has 0 aliphatic heterocycles. The summed E-state index contributed by atoms with van der Waals surface area (Å²) in [7, 11) is 0. The lowest BCUT2D eigenvalue weighted by Gasteiger charge is -2.10. The number of hydrogen-bond acceptors (Lipinski definition) is 5. The van der Waals surface area contributed by atoms with Crippen molar-refractivity contribution in [3.63, 3.8) is 0 Å². The molecule has 0 saturated carbocycles. The van der Waals surface area contributed by atoms with Crippen LogP contribution in [0.4, 0.5) is 0 Å². The number of aliphatic hydroxyl groups excluding tert-OH is 1. The van der Waals surface area contributed by atoms with Crippen molar-refractivity contribution in [3.05, 3.63) is 90.5 Å². The van der Waals surface area contributed by atoms with Gasteiger partial charge in [0.05, 0.1) is 11.4 Å². The van der Waals surface area contributed by atoms with Crippen LogP contribution in [-0.4, -0.2) is 38.2 Å². The molecule has 6 nitrogen and oxygen atoms in total. The Labute approximate surface area is 198 Å². The number of nitrogens with one attached hydrogen (secondary N) is 2. The summed E-state index contributed by atoms with van der Waals surface area (Å²) in [6, 6.07) is 20.8. The van der Waals surface area contributed by atoms with Gasteiger partial charge in [-0.3, -0.25) is 9.97 Å². The van der Waals surface area contributed by atoms with E-state index in [1.807, 2.05) is 43.7 Å². The van der Waals surface area contributed by atoms with Gasteiger partial charge in [0.1, 0.15) is 5.65 Å². The largest absolute Gasteiger partial charge is 0.396 e. The van der Waals surface area contributed by atoms with Crippen LogP contribution in [0.5, 0.6) is 0 Å². The molecular weight excluding hydrogens is 422 g/mol. The molecule has 4 aromatic heterocycles. The molecule has 34 heavy (non-hydrogen) atoms. The molecule has 0 spiro atoms. The second-order valence-corrected chi connectivity index (χ2v) is 8.37. The molecule has 0 fully saturated rings. The Morgan fingerprint density at radius 3 is 2.56 bits per heavy atom. The first-order valence-corrected chi connectivity index (χ1v) is 11.5. The average Bonchev–Trinajstić information content (AvgIpc) is 3.35. The molecule has 170 valence electrons. The van der Waals surface area contributed by atoms with Crippen LogP contribution in [0.1, 0.15) is 17.7 Å². The Morgan fingerprint density at radius 2 is 1.74 bits per heavy atom. The molecule has 5 aromatic rings. The predicted molar refractivity (Wildman–Crippen MR) is 136 cm³/mol. The summed E-state index contributed by atoms with van der Waals surface area (Å²) in [5.74, 6) is 0. The third-order valence-corrected chi connectivity index (χ3v) is 5.86. The van der Waals surface area contributed by atoms with Crippen molar-refractivity contribution in [1.29, 1.82) is 0 Å². The number of benzene rings is 1. The highest BCUT2D eigenvalue weighted by molar-refractivity contribution is 5.95. The Hall–Kier alpha value is -3.87. The van der Waals surface area contributed by atoms with Crippen LogP contribution in [0.2, 0.25) is 0 Å². The Kier molecular flexibility index (Phi) is 6.42. The molecule has 0 bridgehead atoms. The monoisotopic (exact) mass is 449 g/mol. The number of aromatic amines is 1. The minimum absolute atomic E-state index is 0.213. The van der Waals surface area contributed by atoms with Gasteiger partial charge in [0.25, 0.3) is 0 Å². The van der Waals surface area contributed by atoms with Gasteiger partial charge in [0.2, 0.25) is 0 Å². The lowest BCUT2D eigenvalue weighted by molar-refractivity contribution is 0.286. The molecule has 5 rings (SSSR count). The zero-order valence-electron chi connectivity index (χ0n) is 19.1. The van der Waals surface area contributed by atoms with Crippen molar-refractivity contribution in [2.24, 2.45) is 0 Å². The second kappa shape index (κ2) is 9.95. The van der Waals surface area contributed by atoms with Gasteiger partial charge in [-0.05, 0) is 66.9 Å². The van der Waals surface area contributed by atoms with Gasteiger partial charge in [-0.15, -0.1) is 0 Å². The molecule has 0 amide bonds. The molecule has 4 heterocycles. The van der Waals surface area contributed by atoms with Crippen LogP contribution in [-0.2, 0) is 6.54 Å². The number of H-pyrrole nitrogens is 1. The van der Waals surface area contributed by atoms with Gasteiger partial charge in [0, 0.05) is 53.9 Å². The van der Waals surface area contributed by atoms with E-state index in [1.54, 1.807) is 0 Å². The molecule has 3 N–H and O–H groups in total. The fourth-order valence-corrected chi connectivity index (χ4v) is 4.09. The lowest BCUT2D eigenvalue weighted by atomic mass is 9.99. The van der Waals surface area contributed by atoms with Gasteiger partial charge < -0.3 is 15.4 Å².